The van der Waals surface area contributed by atoms with Gasteiger partial charge in [0.25, 0.3) is 5.92 Å². The number of halogens is 2. The Kier molecular flexibility index (Phi) is 7.99. The summed E-state index contributed by atoms with van der Waals surface area (Å²) in [7, 11) is 0. The largest absolute Gasteiger partial charge is 0.375 e. The fraction of sp³-hybridized carbons (Fsp3) is 1.00. The smallest absolute Gasteiger partial charge is 0.283 e. The molecule has 2 nitrogen and oxygen atoms in total. The Balaban J connectivity index is 3.35. The van der Waals surface area contributed by atoms with Crippen molar-refractivity contribution in [2.45, 2.75) is 39.0 Å². The van der Waals surface area contributed by atoms with Gasteiger partial charge in [0.2, 0.25) is 0 Å². The summed E-state index contributed by atoms with van der Waals surface area (Å²) in [6.45, 7) is 4.11. The molecule has 0 aliphatic heterocycles. The Labute approximate surface area is 85.0 Å². The molecule has 0 rings (SSSR count). The Bertz CT molecular complexity index is 131. The molecule has 0 unspecified atom stereocenters. The van der Waals surface area contributed by atoms with Gasteiger partial charge in [0.05, 0.1) is 6.54 Å². The summed E-state index contributed by atoms with van der Waals surface area (Å²) in [6, 6.07) is 0. The van der Waals surface area contributed by atoms with Crippen molar-refractivity contribution in [1.29, 1.82) is 0 Å². The second-order valence-corrected chi connectivity index (χ2v) is 3.40. The van der Waals surface area contributed by atoms with Gasteiger partial charge < -0.3 is 10.1 Å². The lowest BCUT2D eigenvalue weighted by molar-refractivity contribution is -0.0748. The highest BCUT2D eigenvalue weighted by atomic mass is 19.3. The molecule has 0 aromatic rings. The minimum atomic E-state index is -2.73. The van der Waals surface area contributed by atoms with E-state index in [1.165, 1.54) is 0 Å². The fourth-order valence-corrected chi connectivity index (χ4v) is 1.03. The first-order chi connectivity index (χ1) is 6.62. The standard InChI is InChI=1S/C10H21F2NO/c1-3-5-6-7-14-9-10(11,12)8-13-4-2/h13H,3-9H2,1-2H3. The zero-order chi connectivity index (χ0) is 10.9. The van der Waals surface area contributed by atoms with Gasteiger partial charge in [-0.1, -0.05) is 26.7 Å². The van der Waals surface area contributed by atoms with Crippen LogP contribution in [-0.2, 0) is 4.74 Å². The van der Waals surface area contributed by atoms with E-state index in [0.29, 0.717) is 13.2 Å². The number of hydrogen-bond donors (Lipinski definition) is 1. The first-order valence-electron chi connectivity index (χ1n) is 5.28. The van der Waals surface area contributed by atoms with E-state index in [0.717, 1.165) is 19.3 Å². The van der Waals surface area contributed by atoms with E-state index in [9.17, 15) is 8.78 Å². The Morgan fingerprint density at radius 3 is 2.50 bits per heavy atom. The monoisotopic (exact) mass is 209 g/mol. The molecule has 0 spiro atoms. The van der Waals surface area contributed by atoms with Crippen molar-refractivity contribution >= 4 is 0 Å². The zero-order valence-electron chi connectivity index (χ0n) is 9.11. The van der Waals surface area contributed by atoms with Crippen molar-refractivity contribution in [1.82, 2.24) is 5.32 Å². The molecule has 0 atom stereocenters. The van der Waals surface area contributed by atoms with Crippen LogP contribution in [-0.4, -0.2) is 32.2 Å². The molecule has 0 fully saturated rings. The second-order valence-electron chi connectivity index (χ2n) is 3.40. The van der Waals surface area contributed by atoms with Crippen LogP contribution in [0.1, 0.15) is 33.1 Å². The molecule has 0 bridgehead atoms. The van der Waals surface area contributed by atoms with Crippen LogP contribution < -0.4 is 5.32 Å². The normalized spacial score (nSPS) is 12.0. The molecule has 0 aliphatic rings. The molecule has 0 aliphatic carbocycles. The van der Waals surface area contributed by atoms with E-state index in [1.807, 2.05) is 0 Å². The predicted molar refractivity (Wildman–Crippen MR) is 53.8 cm³/mol. The molecular formula is C10H21F2NO. The van der Waals surface area contributed by atoms with Gasteiger partial charge in [-0.05, 0) is 13.0 Å². The maximum absolute atomic E-state index is 12.9. The van der Waals surface area contributed by atoms with Crippen LogP contribution in [0.5, 0.6) is 0 Å². The number of rotatable bonds is 9. The second kappa shape index (κ2) is 8.12. The topological polar surface area (TPSA) is 21.3 Å². The van der Waals surface area contributed by atoms with E-state index in [1.54, 1.807) is 6.92 Å². The summed E-state index contributed by atoms with van der Waals surface area (Å²) in [5, 5.41) is 2.61. The fourth-order valence-electron chi connectivity index (χ4n) is 1.03. The molecule has 0 aromatic heterocycles. The van der Waals surface area contributed by atoms with Crippen LogP contribution in [0.2, 0.25) is 0 Å². The zero-order valence-corrected chi connectivity index (χ0v) is 9.11. The minimum absolute atomic E-state index is 0.294. The molecule has 4 heteroatoms. The summed E-state index contributed by atoms with van der Waals surface area (Å²) in [6.07, 6.45) is 2.99. The number of ether oxygens (including phenoxy) is 1. The molecule has 0 saturated heterocycles. The maximum Gasteiger partial charge on any atom is 0.283 e. The van der Waals surface area contributed by atoms with E-state index in [4.69, 9.17) is 4.74 Å². The van der Waals surface area contributed by atoms with Crippen molar-refractivity contribution in [3.63, 3.8) is 0 Å². The molecule has 0 radical (unpaired) electrons. The summed E-state index contributed by atoms with van der Waals surface area (Å²) < 4.78 is 30.8. The van der Waals surface area contributed by atoms with Crippen molar-refractivity contribution in [2.75, 3.05) is 26.3 Å². The van der Waals surface area contributed by atoms with Crippen LogP contribution in [0.4, 0.5) is 8.78 Å². The van der Waals surface area contributed by atoms with Crippen LogP contribution in [0.15, 0.2) is 0 Å². The molecule has 1 N–H and O–H groups in total. The van der Waals surface area contributed by atoms with Crippen molar-refractivity contribution in [3.05, 3.63) is 0 Å². The lowest BCUT2D eigenvalue weighted by Crippen LogP contribution is -2.36. The predicted octanol–water partition coefficient (Wildman–Crippen LogP) is 2.44. The molecule has 0 aromatic carbocycles. The lowest BCUT2D eigenvalue weighted by atomic mass is 10.3. The average molecular weight is 209 g/mol. The van der Waals surface area contributed by atoms with Crippen LogP contribution >= 0.6 is 0 Å². The van der Waals surface area contributed by atoms with Crippen LogP contribution in [0, 0.1) is 0 Å². The quantitative estimate of drug-likeness (QED) is 0.589. The van der Waals surface area contributed by atoms with E-state index < -0.39 is 12.5 Å². The Hall–Kier alpha value is -0.220. The van der Waals surface area contributed by atoms with Gasteiger partial charge in [-0.3, -0.25) is 0 Å². The maximum atomic E-state index is 12.9. The summed E-state index contributed by atoms with van der Waals surface area (Å²) in [5.41, 5.74) is 0. The Morgan fingerprint density at radius 2 is 1.93 bits per heavy atom. The van der Waals surface area contributed by atoms with Gasteiger partial charge in [-0.2, -0.15) is 0 Å². The highest BCUT2D eigenvalue weighted by Gasteiger charge is 2.28. The molecular weight excluding hydrogens is 188 g/mol. The third-order valence-electron chi connectivity index (χ3n) is 1.84. The molecule has 86 valence electrons. The Morgan fingerprint density at radius 1 is 1.21 bits per heavy atom. The third-order valence-corrected chi connectivity index (χ3v) is 1.84. The number of nitrogens with one attached hydrogen (secondary N) is 1. The average Bonchev–Trinajstić information content (AvgIpc) is 2.15. The molecule has 14 heavy (non-hydrogen) atoms. The first-order valence-corrected chi connectivity index (χ1v) is 5.28. The summed E-state index contributed by atoms with van der Waals surface area (Å²) >= 11 is 0. The van der Waals surface area contributed by atoms with Crippen molar-refractivity contribution in [2.24, 2.45) is 0 Å². The first kappa shape index (κ1) is 13.8. The highest BCUT2D eigenvalue weighted by Crippen LogP contribution is 2.12. The van der Waals surface area contributed by atoms with Gasteiger partial charge in [-0.15, -0.1) is 0 Å². The van der Waals surface area contributed by atoms with Crippen LogP contribution in [0.25, 0.3) is 0 Å². The van der Waals surface area contributed by atoms with Crippen LogP contribution in [0.3, 0.4) is 0 Å². The number of hydrogen-bond acceptors (Lipinski definition) is 2. The molecule has 0 amide bonds. The number of unbranched alkanes of at least 4 members (excludes halogenated alkanes) is 2. The van der Waals surface area contributed by atoms with Gasteiger partial charge >= 0.3 is 0 Å². The van der Waals surface area contributed by atoms with Crippen molar-refractivity contribution in [3.8, 4) is 0 Å². The lowest BCUT2D eigenvalue weighted by Gasteiger charge is -2.16. The molecule has 0 heterocycles. The SMILES string of the molecule is CCCCCOCC(F)(F)CNCC. The van der Waals surface area contributed by atoms with E-state index >= 15 is 0 Å². The van der Waals surface area contributed by atoms with E-state index in [2.05, 4.69) is 12.2 Å². The van der Waals surface area contributed by atoms with Gasteiger partial charge in [0.15, 0.2) is 0 Å². The van der Waals surface area contributed by atoms with Crippen molar-refractivity contribution < 1.29 is 13.5 Å². The molecule has 0 saturated carbocycles. The summed E-state index contributed by atoms with van der Waals surface area (Å²) in [4.78, 5) is 0. The minimum Gasteiger partial charge on any atom is -0.375 e. The number of alkyl halides is 2. The van der Waals surface area contributed by atoms with Gasteiger partial charge in [0, 0.05) is 6.61 Å². The third kappa shape index (κ3) is 8.38. The highest BCUT2D eigenvalue weighted by molar-refractivity contribution is 4.67. The van der Waals surface area contributed by atoms with Gasteiger partial charge in [-0.25, -0.2) is 8.78 Å². The van der Waals surface area contributed by atoms with E-state index in [-0.39, 0.29) is 6.54 Å². The van der Waals surface area contributed by atoms with Gasteiger partial charge in [0.1, 0.15) is 6.61 Å². The summed E-state index contributed by atoms with van der Waals surface area (Å²) in [5.74, 6) is -2.73.